The normalized spacial score (nSPS) is 17.4. The van der Waals surface area contributed by atoms with E-state index in [1.807, 2.05) is 64.5 Å². The Morgan fingerprint density at radius 3 is 2.50 bits per heavy atom. The van der Waals surface area contributed by atoms with Gasteiger partial charge in [0.1, 0.15) is 0 Å². The number of aromatic nitrogens is 2. The lowest BCUT2D eigenvalue weighted by Gasteiger charge is -2.26. The van der Waals surface area contributed by atoms with E-state index in [2.05, 4.69) is 34.5 Å². The lowest BCUT2D eigenvalue weighted by atomic mass is 10.0. The van der Waals surface area contributed by atoms with Crippen LogP contribution in [0.4, 0.5) is 0 Å². The number of carbonyl (C=O) groups excluding carboxylic acids is 2. The zero-order valence-corrected chi connectivity index (χ0v) is 20.3. The summed E-state index contributed by atoms with van der Waals surface area (Å²) in [5, 5.41) is 8.14. The number of hydrogen-bond acceptors (Lipinski definition) is 3. The average molecular weight is 479 g/mol. The molecule has 1 saturated carbocycles. The smallest absolute Gasteiger partial charge is 0.254 e. The molecule has 6 nitrogen and oxygen atoms in total. The Morgan fingerprint density at radius 2 is 1.72 bits per heavy atom. The van der Waals surface area contributed by atoms with Gasteiger partial charge in [0.15, 0.2) is 0 Å². The molecule has 6 heteroatoms. The zero-order chi connectivity index (χ0) is 24.5. The summed E-state index contributed by atoms with van der Waals surface area (Å²) in [6.07, 6.45) is 4.84. The maximum absolute atomic E-state index is 13.7. The van der Waals surface area contributed by atoms with E-state index in [4.69, 9.17) is 0 Å². The number of carbonyl (C=O) groups is 2. The molecule has 1 N–H and O–H groups in total. The first-order valence-corrected chi connectivity index (χ1v) is 12.8. The molecule has 0 radical (unpaired) electrons. The minimum atomic E-state index is 0.0302. The Morgan fingerprint density at radius 1 is 0.944 bits per heavy atom. The number of benzene rings is 3. The molecule has 4 aromatic rings. The molecule has 0 spiro atoms. The zero-order valence-electron chi connectivity index (χ0n) is 20.3. The third kappa shape index (κ3) is 4.76. The van der Waals surface area contributed by atoms with Gasteiger partial charge in [-0.3, -0.25) is 14.7 Å². The molecule has 0 bridgehead atoms. The number of hydrogen-bond donors (Lipinski definition) is 1. The molecule has 1 aliphatic heterocycles. The molecule has 1 aliphatic carbocycles. The van der Waals surface area contributed by atoms with Crippen LogP contribution in [0.5, 0.6) is 0 Å². The third-order valence-electron chi connectivity index (χ3n) is 7.41. The largest absolute Gasteiger partial charge is 0.342 e. The first kappa shape index (κ1) is 22.5. The van der Waals surface area contributed by atoms with Gasteiger partial charge in [0, 0.05) is 43.0 Å². The van der Waals surface area contributed by atoms with Crippen LogP contribution in [0, 0.1) is 11.8 Å². The van der Waals surface area contributed by atoms with Crippen LogP contribution < -0.4 is 0 Å². The summed E-state index contributed by atoms with van der Waals surface area (Å²) in [6, 6.07) is 24.2. The van der Waals surface area contributed by atoms with Gasteiger partial charge >= 0.3 is 0 Å². The van der Waals surface area contributed by atoms with E-state index in [0.29, 0.717) is 30.5 Å². The minimum absolute atomic E-state index is 0.0302. The van der Waals surface area contributed by atoms with Crippen LogP contribution in [0.15, 0.2) is 79.0 Å². The Kier molecular flexibility index (Phi) is 6.01. The highest BCUT2D eigenvalue weighted by atomic mass is 16.2. The van der Waals surface area contributed by atoms with E-state index >= 15 is 0 Å². The first-order valence-electron chi connectivity index (χ1n) is 12.8. The van der Waals surface area contributed by atoms with Gasteiger partial charge < -0.3 is 9.80 Å². The van der Waals surface area contributed by atoms with E-state index < -0.39 is 0 Å². The van der Waals surface area contributed by atoms with Crippen molar-refractivity contribution >= 4 is 22.7 Å². The van der Waals surface area contributed by atoms with Gasteiger partial charge in [-0.25, -0.2) is 0 Å². The van der Waals surface area contributed by atoms with Crippen molar-refractivity contribution in [3.8, 4) is 11.1 Å². The molecule has 2 aliphatic rings. The summed E-state index contributed by atoms with van der Waals surface area (Å²) >= 11 is 0. The number of rotatable bonds is 7. The molecule has 1 atom stereocenters. The number of likely N-dealkylation sites (tertiary alicyclic amines) is 1. The van der Waals surface area contributed by atoms with Crippen molar-refractivity contribution in [3.05, 3.63) is 90.1 Å². The number of amides is 2. The van der Waals surface area contributed by atoms with Gasteiger partial charge in [-0.1, -0.05) is 48.5 Å². The second-order valence-electron chi connectivity index (χ2n) is 10.1. The fraction of sp³-hybridized carbons (Fsp3) is 0.300. The van der Waals surface area contributed by atoms with Crippen LogP contribution in [0.3, 0.4) is 0 Å². The van der Waals surface area contributed by atoms with Crippen LogP contribution in [-0.2, 0) is 11.3 Å². The van der Waals surface area contributed by atoms with Crippen molar-refractivity contribution in [2.24, 2.45) is 11.8 Å². The highest BCUT2D eigenvalue weighted by Gasteiger charge is 2.37. The van der Waals surface area contributed by atoms with Crippen LogP contribution >= 0.6 is 0 Å². The number of aromatic amines is 1. The molecular formula is C30H30N4O2. The molecule has 3 aromatic carbocycles. The summed E-state index contributed by atoms with van der Waals surface area (Å²) in [5.41, 5.74) is 4.96. The fourth-order valence-corrected chi connectivity index (χ4v) is 5.22. The number of nitrogens with one attached hydrogen (secondary N) is 1. The van der Waals surface area contributed by atoms with E-state index in [9.17, 15) is 9.59 Å². The maximum Gasteiger partial charge on any atom is 0.254 e. The second-order valence-corrected chi connectivity index (χ2v) is 10.1. The SMILES string of the molecule is O=C(c1ccc(-c2ccc3[nH]ncc3c2)cc1)N(Cc1ccccc1)C[C@@H]1CCN(C(=O)C2CC2)C1. The van der Waals surface area contributed by atoms with Crippen LogP contribution in [0.25, 0.3) is 22.0 Å². The standard InChI is InChI=1S/C30H30N4O2/c35-29(24-10-11-24)33-15-14-22(19-33)20-34(18-21-4-2-1-3-5-21)30(36)25-8-6-23(7-9-25)26-12-13-28-27(16-26)17-31-32-28/h1-9,12-13,16-17,22,24H,10-11,14-15,18-20H2,(H,31,32)/t22-/m1/s1. The van der Waals surface area contributed by atoms with Gasteiger partial charge in [0.2, 0.25) is 5.91 Å². The molecule has 1 saturated heterocycles. The van der Waals surface area contributed by atoms with Crippen molar-refractivity contribution in [1.82, 2.24) is 20.0 Å². The van der Waals surface area contributed by atoms with Gasteiger partial charge in [-0.05, 0) is 66.1 Å². The molecule has 1 aromatic heterocycles. The van der Waals surface area contributed by atoms with Gasteiger partial charge in [0.05, 0.1) is 11.7 Å². The van der Waals surface area contributed by atoms with E-state index in [-0.39, 0.29) is 11.8 Å². The average Bonchev–Trinajstić information content (AvgIpc) is 3.48. The summed E-state index contributed by atoms with van der Waals surface area (Å²) in [5.74, 6) is 0.894. The predicted molar refractivity (Wildman–Crippen MR) is 140 cm³/mol. The van der Waals surface area contributed by atoms with Gasteiger partial charge in [-0.2, -0.15) is 5.10 Å². The predicted octanol–water partition coefficient (Wildman–Crippen LogP) is 5.13. The maximum atomic E-state index is 13.7. The van der Waals surface area contributed by atoms with Crippen LogP contribution in [0.1, 0.15) is 35.2 Å². The minimum Gasteiger partial charge on any atom is -0.342 e. The lowest BCUT2D eigenvalue weighted by molar-refractivity contribution is -0.131. The van der Waals surface area contributed by atoms with Crippen LogP contribution in [0.2, 0.25) is 0 Å². The summed E-state index contributed by atoms with van der Waals surface area (Å²) in [7, 11) is 0. The van der Waals surface area contributed by atoms with Crippen molar-refractivity contribution in [2.75, 3.05) is 19.6 Å². The van der Waals surface area contributed by atoms with Crippen molar-refractivity contribution in [1.29, 1.82) is 0 Å². The summed E-state index contributed by atoms with van der Waals surface area (Å²) in [6.45, 7) is 2.78. The molecule has 6 rings (SSSR count). The lowest BCUT2D eigenvalue weighted by Crippen LogP contribution is -2.37. The molecule has 2 fully saturated rings. The Hall–Kier alpha value is -3.93. The van der Waals surface area contributed by atoms with Crippen molar-refractivity contribution < 1.29 is 9.59 Å². The number of fused-ring (bicyclic) bond motifs is 1. The van der Waals surface area contributed by atoms with E-state index in [1.165, 1.54) is 0 Å². The van der Waals surface area contributed by atoms with E-state index in [0.717, 1.165) is 59.9 Å². The third-order valence-corrected chi connectivity index (χ3v) is 7.41. The van der Waals surface area contributed by atoms with Gasteiger partial charge in [0.25, 0.3) is 5.91 Å². The van der Waals surface area contributed by atoms with Crippen molar-refractivity contribution in [2.45, 2.75) is 25.8 Å². The number of nitrogens with zero attached hydrogens (tertiary/aromatic N) is 3. The Bertz CT molecular complexity index is 1380. The molecule has 36 heavy (non-hydrogen) atoms. The monoisotopic (exact) mass is 478 g/mol. The Labute approximate surface area is 210 Å². The quantitative estimate of drug-likeness (QED) is 0.400. The molecule has 182 valence electrons. The second kappa shape index (κ2) is 9.61. The van der Waals surface area contributed by atoms with Crippen molar-refractivity contribution in [3.63, 3.8) is 0 Å². The van der Waals surface area contributed by atoms with E-state index in [1.54, 1.807) is 0 Å². The molecule has 2 heterocycles. The van der Waals surface area contributed by atoms with Gasteiger partial charge in [-0.15, -0.1) is 0 Å². The highest BCUT2D eigenvalue weighted by Crippen LogP contribution is 2.33. The molecule has 0 unspecified atom stereocenters. The fourth-order valence-electron chi connectivity index (χ4n) is 5.22. The first-order chi connectivity index (χ1) is 17.6. The number of H-pyrrole nitrogens is 1. The highest BCUT2D eigenvalue weighted by molar-refractivity contribution is 5.95. The summed E-state index contributed by atoms with van der Waals surface area (Å²) < 4.78 is 0. The molecular weight excluding hydrogens is 448 g/mol. The Balaban J connectivity index is 1.19. The van der Waals surface area contributed by atoms with Crippen LogP contribution in [-0.4, -0.2) is 51.4 Å². The molecule has 2 amide bonds. The topological polar surface area (TPSA) is 69.3 Å². The summed E-state index contributed by atoms with van der Waals surface area (Å²) in [4.78, 5) is 30.2.